The molecule has 0 aliphatic heterocycles. The van der Waals surface area contributed by atoms with E-state index in [1.54, 1.807) is 37.4 Å². The van der Waals surface area contributed by atoms with Gasteiger partial charge in [-0.05, 0) is 56.2 Å². The van der Waals surface area contributed by atoms with Crippen LogP contribution in [0.15, 0.2) is 42.5 Å². The summed E-state index contributed by atoms with van der Waals surface area (Å²) in [5.74, 6) is 0.676. The molecule has 128 valence electrons. The lowest BCUT2D eigenvalue weighted by atomic mass is 10.1. The van der Waals surface area contributed by atoms with Crippen LogP contribution >= 0.6 is 0 Å². The molecule has 2 rings (SSSR count). The Labute approximate surface area is 141 Å². The van der Waals surface area contributed by atoms with Crippen LogP contribution in [0.25, 0.3) is 0 Å². The molecule has 0 saturated heterocycles. The Hall–Kier alpha value is -2.56. The van der Waals surface area contributed by atoms with Crippen LogP contribution in [0.2, 0.25) is 0 Å². The minimum atomic E-state index is -0.265. The molecule has 5 heteroatoms. The van der Waals surface area contributed by atoms with E-state index in [4.69, 9.17) is 9.47 Å². The number of hydrogen-bond donors (Lipinski definition) is 1. The van der Waals surface area contributed by atoms with Crippen molar-refractivity contribution in [2.45, 2.75) is 26.4 Å². The second-order valence-electron chi connectivity index (χ2n) is 5.66. The third-order valence-electron chi connectivity index (χ3n) is 3.40. The normalized spacial score (nSPS) is 10.5. The molecule has 0 atom stereocenters. The number of benzene rings is 2. The number of amides is 1. The lowest BCUT2D eigenvalue weighted by molar-refractivity contribution is 0.0953. The summed E-state index contributed by atoms with van der Waals surface area (Å²) in [6.45, 7) is 4.32. The molecule has 0 unspecified atom stereocenters. The van der Waals surface area contributed by atoms with Gasteiger partial charge in [0.15, 0.2) is 11.5 Å². The molecule has 0 aliphatic rings. The fourth-order valence-corrected chi connectivity index (χ4v) is 2.23. The van der Waals surface area contributed by atoms with Crippen molar-refractivity contribution in [1.29, 1.82) is 0 Å². The zero-order valence-corrected chi connectivity index (χ0v) is 14.1. The van der Waals surface area contributed by atoms with Crippen LogP contribution in [0.5, 0.6) is 11.5 Å². The van der Waals surface area contributed by atoms with E-state index in [2.05, 4.69) is 5.32 Å². The summed E-state index contributed by atoms with van der Waals surface area (Å²) in [6, 6.07) is 11.3. The van der Waals surface area contributed by atoms with Gasteiger partial charge in [-0.1, -0.05) is 12.1 Å². The molecule has 1 amide bonds. The number of ether oxygens (including phenoxy) is 2. The minimum absolute atomic E-state index is 0.0225. The first-order valence-corrected chi connectivity index (χ1v) is 7.87. The van der Waals surface area contributed by atoms with Crippen molar-refractivity contribution < 1.29 is 18.7 Å². The Morgan fingerprint density at radius 1 is 1.12 bits per heavy atom. The third-order valence-corrected chi connectivity index (χ3v) is 3.40. The van der Waals surface area contributed by atoms with Crippen LogP contribution in [0.1, 0.15) is 29.8 Å². The van der Waals surface area contributed by atoms with E-state index in [-0.39, 0.29) is 17.8 Å². The van der Waals surface area contributed by atoms with Crippen molar-refractivity contribution in [3.05, 3.63) is 59.4 Å². The van der Waals surface area contributed by atoms with Crippen molar-refractivity contribution in [2.24, 2.45) is 0 Å². The third kappa shape index (κ3) is 4.98. The van der Waals surface area contributed by atoms with E-state index in [1.165, 1.54) is 12.1 Å². The summed E-state index contributed by atoms with van der Waals surface area (Å²) >= 11 is 0. The summed E-state index contributed by atoms with van der Waals surface area (Å²) in [4.78, 5) is 12.2. The van der Waals surface area contributed by atoms with Gasteiger partial charge in [-0.15, -0.1) is 0 Å². The summed E-state index contributed by atoms with van der Waals surface area (Å²) in [7, 11) is 1.54. The van der Waals surface area contributed by atoms with Crippen LogP contribution in [0.4, 0.5) is 4.39 Å². The van der Waals surface area contributed by atoms with Crippen LogP contribution in [0.3, 0.4) is 0 Å². The second kappa shape index (κ2) is 8.34. The number of hydrogen-bond acceptors (Lipinski definition) is 3. The molecule has 0 fully saturated rings. The fraction of sp³-hybridized carbons (Fsp3) is 0.316. The Morgan fingerprint density at radius 2 is 1.83 bits per heavy atom. The van der Waals surface area contributed by atoms with E-state index in [1.807, 2.05) is 13.8 Å². The van der Waals surface area contributed by atoms with Gasteiger partial charge >= 0.3 is 0 Å². The monoisotopic (exact) mass is 331 g/mol. The largest absolute Gasteiger partial charge is 0.493 e. The molecule has 4 nitrogen and oxygen atoms in total. The molecule has 0 heterocycles. The van der Waals surface area contributed by atoms with E-state index >= 15 is 0 Å². The van der Waals surface area contributed by atoms with Gasteiger partial charge in [0, 0.05) is 12.1 Å². The van der Waals surface area contributed by atoms with E-state index in [0.717, 1.165) is 5.56 Å². The van der Waals surface area contributed by atoms with Crippen molar-refractivity contribution in [3.63, 3.8) is 0 Å². The predicted octanol–water partition coefficient (Wildman–Crippen LogP) is 3.59. The molecular formula is C19H22FNO3. The number of carbonyl (C=O) groups excluding carboxylic acids is 1. The molecule has 0 radical (unpaired) electrons. The molecule has 2 aromatic rings. The SMILES string of the molecule is COc1cc(C(=O)NCCc2ccc(F)cc2)ccc1OC(C)C. The van der Waals surface area contributed by atoms with Gasteiger partial charge in [-0.3, -0.25) is 4.79 Å². The fourth-order valence-electron chi connectivity index (χ4n) is 2.23. The topological polar surface area (TPSA) is 47.6 Å². The van der Waals surface area contributed by atoms with Crippen LogP contribution < -0.4 is 14.8 Å². The average Bonchev–Trinajstić information content (AvgIpc) is 2.56. The van der Waals surface area contributed by atoms with Gasteiger partial charge in [0.05, 0.1) is 13.2 Å². The van der Waals surface area contributed by atoms with Crippen molar-refractivity contribution in [2.75, 3.05) is 13.7 Å². The maximum Gasteiger partial charge on any atom is 0.251 e. The lowest BCUT2D eigenvalue weighted by Gasteiger charge is -2.14. The molecule has 2 aromatic carbocycles. The molecule has 0 aromatic heterocycles. The molecule has 24 heavy (non-hydrogen) atoms. The lowest BCUT2D eigenvalue weighted by Crippen LogP contribution is -2.25. The first kappa shape index (κ1) is 17.8. The smallest absolute Gasteiger partial charge is 0.251 e. The molecule has 0 bridgehead atoms. The van der Waals surface area contributed by atoms with Crippen molar-refractivity contribution in [1.82, 2.24) is 5.32 Å². The first-order valence-electron chi connectivity index (χ1n) is 7.87. The number of nitrogens with one attached hydrogen (secondary N) is 1. The molecule has 0 spiro atoms. The quantitative estimate of drug-likeness (QED) is 0.843. The number of methoxy groups -OCH3 is 1. The van der Waals surface area contributed by atoms with E-state index < -0.39 is 0 Å². The Bertz CT molecular complexity index is 684. The Balaban J connectivity index is 1.95. The highest BCUT2D eigenvalue weighted by Gasteiger charge is 2.12. The number of rotatable bonds is 7. The van der Waals surface area contributed by atoms with Crippen molar-refractivity contribution >= 4 is 5.91 Å². The average molecular weight is 331 g/mol. The summed E-state index contributed by atoms with van der Waals surface area (Å²) in [5, 5.41) is 2.84. The van der Waals surface area contributed by atoms with Gasteiger partial charge in [0.25, 0.3) is 5.91 Å². The van der Waals surface area contributed by atoms with Gasteiger partial charge < -0.3 is 14.8 Å². The molecular weight excluding hydrogens is 309 g/mol. The highest BCUT2D eigenvalue weighted by Crippen LogP contribution is 2.28. The van der Waals surface area contributed by atoms with Crippen LogP contribution in [0, 0.1) is 5.82 Å². The molecule has 0 saturated carbocycles. The van der Waals surface area contributed by atoms with Crippen LogP contribution in [-0.2, 0) is 6.42 Å². The standard InChI is InChI=1S/C19H22FNO3/c1-13(2)24-17-9-6-15(12-18(17)23-3)19(22)21-11-10-14-4-7-16(20)8-5-14/h4-9,12-13H,10-11H2,1-3H3,(H,21,22). The molecule has 1 N–H and O–H groups in total. The Morgan fingerprint density at radius 3 is 2.46 bits per heavy atom. The van der Waals surface area contributed by atoms with Gasteiger partial charge in [-0.25, -0.2) is 4.39 Å². The first-order chi connectivity index (χ1) is 11.5. The molecule has 0 aliphatic carbocycles. The minimum Gasteiger partial charge on any atom is -0.493 e. The zero-order valence-electron chi connectivity index (χ0n) is 14.1. The highest BCUT2D eigenvalue weighted by atomic mass is 19.1. The van der Waals surface area contributed by atoms with Gasteiger partial charge in [0.2, 0.25) is 0 Å². The van der Waals surface area contributed by atoms with Crippen molar-refractivity contribution in [3.8, 4) is 11.5 Å². The Kier molecular flexibility index (Phi) is 6.18. The predicted molar refractivity (Wildman–Crippen MR) is 91.2 cm³/mol. The summed E-state index contributed by atoms with van der Waals surface area (Å²) < 4.78 is 23.8. The van der Waals surface area contributed by atoms with E-state index in [9.17, 15) is 9.18 Å². The maximum atomic E-state index is 12.8. The second-order valence-corrected chi connectivity index (χ2v) is 5.66. The zero-order chi connectivity index (χ0) is 17.5. The van der Waals surface area contributed by atoms with Gasteiger partial charge in [-0.2, -0.15) is 0 Å². The maximum absolute atomic E-state index is 12.8. The number of halogens is 1. The number of carbonyl (C=O) groups is 1. The summed E-state index contributed by atoms with van der Waals surface area (Å²) in [5.41, 5.74) is 1.47. The highest BCUT2D eigenvalue weighted by molar-refractivity contribution is 5.94. The van der Waals surface area contributed by atoms with Gasteiger partial charge in [0.1, 0.15) is 5.82 Å². The summed E-state index contributed by atoms with van der Waals surface area (Å²) in [6.07, 6.45) is 0.659. The van der Waals surface area contributed by atoms with E-state index in [0.29, 0.717) is 30.0 Å². The van der Waals surface area contributed by atoms with Crippen LogP contribution in [-0.4, -0.2) is 25.7 Å².